The Balaban J connectivity index is 2.15. The summed E-state index contributed by atoms with van der Waals surface area (Å²) in [4.78, 5) is 13.5. The van der Waals surface area contributed by atoms with Crippen LogP contribution in [0.4, 0.5) is 4.79 Å². The second-order valence-corrected chi connectivity index (χ2v) is 11.5. The number of amides is 1. The van der Waals surface area contributed by atoms with Crippen LogP contribution in [0.15, 0.2) is 0 Å². The zero-order chi connectivity index (χ0) is 14.3. The van der Waals surface area contributed by atoms with Gasteiger partial charge < -0.3 is 14.7 Å². The SMILES string of the molecule is COC(=O)N1[C@@H]2CC[C@H]1CC(O)(C#C[Si](C)(C)C)C2. The third-order valence-electron chi connectivity index (χ3n) is 3.82. The molecule has 0 spiro atoms. The van der Waals surface area contributed by atoms with Crippen molar-refractivity contribution in [2.45, 2.75) is 63.0 Å². The van der Waals surface area contributed by atoms with Gasteiger partial charge in [-0.25, -0.2) is 4.79 Å². The monoisotopic (exact) mass is 281 g/mol. The van der Waals surface area contributed by atoms with Crippen molar-refractivity contribution >= 4 is 14.2 Å². The molecule has 0 aromatic rings. The first kappa shape index (κ1) is 14.4. The van der Waals surface area contributed by atoms with Gasteiger partial charge in [-0.2, -0.15) is 0 Å². The van der Waals surface area contributed by atoms with Crippen molar-refractivity contribution in [3.63, 3.8) is 0 Å². The predicted molar refractivity (Wildman–Crippen MR) is 76.4 cm³/mol. The first-order chi connectivity index (χ1) is 8.74. The highest BCUT2D eigenvalue weighted by Gasteiger charge is 2.49. The van der Waals surface area contributed by atoms with Crippen LogP contribution < -0.4 is 0 Å². The van der Waals surface area contributed by atoms with E-state index in [2.05, 4.69) is 31.1 Å². The second kappa shape index (κ2) is 4.84. The molecule has 2 aliphatic rings. The molecule has 0 aromatic heterocycles. The maximum absolute atomic E-state index is 11.7. The summed E-state index contributed by atoms with van der Waals surface area (Å²) in [5.41, 5.74) is 2.34. The summed E-state index contributed by atoms with van der Waals surface area (Å²) in [5, 5.41) is 10.7. The van der Waals surface area contributed by atoms with Crippen LogP contribution in [0.1, 0.15) is 25.7 Å². The minimum atomic E-state index is -1.48. The number of rotatable bonds is 0. The molecule has 0 radical (unpaired) electrons. The summed E-state index contributed by atoms with van der Waals surface area (Å²) < 4.78 is 4.83. The summed E-state index contributed by atoms with van der Waals surface area (Å²) >= 11 is 0. The lowest BCUT2D eigenvalue weighted by atomic mass is 9.87. The lowest BCUT2D eigenvalue weighted by Crippen LogP contribution is -2.52. The van der Waals surface area contributed by atoms with Crippen molar-refractivity contribution in [2.24, 2.45) is 0 Å². The molecule has 1 amide bonds. The number of carbonyl (C=O) groups is 1. The summed E-state index contributed by atoms with van der Waals surface area (Å²) in [7, 11) is -0.0736. The lowest BCUT2D eigenvalue weighted by molar-refractivity contribution is -0.00727. The Bertz CT molecular complexity index is 418. The number of fused-ring (bicyclic) bond motifs is 2. The second-order valence-electron chi connectivity index (χ2n) is 6.70. The van der Waals surface area contributed by atoms with Gasteiger partial charge >= 0.3 is 6.09 Å². The summed E-state index contributed by atoms with van der Waals surface area (Å²) in [6.07, 6.45) is 2.72. The van der Waals surface area contributed by atoms with Crippen molar-refractivity contribution < 1.29 is 14.6 Å². The molecular formula is C14H23NO3Si. The van der Waals surface area contributed by atoms with Crippen molar-refractivity contribution in [3.8, 4) is 11.5 Å². The molecule has 1 unspecified atom stereocenters. The van der Waals surface area contributed by atoms with Crippen LogP contribution in [0.5, 0.6) is 0 Å². The number of hydrogen-bond acceptors (Lipinski definition) is 3. The molecule has 106 valence electrons. The van der Waals surface area contributed by atoms with Crippen LogP contribution in [0.25, 0.3) is 0 Å². The molecule has 2 heterocycles. The predicted octanol–water partition coefficient (Wildman–Crippen LogP) is 1.99. The van der Waals surface area contributed by atoms with Crippen LogP contribution in [-0.2, 0) is 4.74 Å². The molecular weight excluding hydrogens is 258 g/mol. The van der Waals surface area contributed by atoms with E-state index in [1.807, 2.05) is 0 Å². The fourth-order valence-electron chi connectivity index (χ4n) is 3.03. The van der Waals surface area contributed by atoms with E-state index in [0.717, 1.165) is 12.8 Å². The van der Waals surface area contributed by atoms with Gasteiger partial charge in [0.15, 0.2) is 0 Å². The van der Waals surface area contributed by atoms with Gasteiger partial charge in [0, 0.05) is 24.9 Å². The van der Waals surface area contributed by atoms with Gasteiger partial charge in [0.25, 0.3) is 0 Å². The van der Waals surface area contributed by atoms with Crippen LogP contribution in [-0.4, -0.2) is 49.0 Å². The molecule has 2 saturated heterocycles. The molecule has 19 heavy (non-hydrogen) atoms. The van der Waals surface area contributed by atoms with Crippen LogP contribution >= 0.6 is 0 Å². The van der Waals surface area contributed by atoms with E-state index in [1.54, 1.807) is 4.90 Å². The first-order valence-corrected chi connectivity index (χ1v) is 10.4. The molecule has 0 saturated carbocycles. The topological polar surface area (TPSA) is 49.8 Å². The Morgan fingerprint density at radius 2 is 1.84 bits per heavy atom. The molecule has 3 atom stereocenters. The average Bonchev–Trinajstić information content (AvgIpc) is 2.59. The fraction of sp³-hybridized carbons (Fsp3) is 0.786. The van der Waals surface area contributed by atoms with Crippen LogP contribution in [0.2, 0.25) is 19.6 Å². The van der Waals surface area contributed by atoms with Gasteiger partial charge in [0.1, 0.15) is 13.7 Å². The zero-order valence-electron chi connectivity index (χ0n) is 12.2. The van der Waals surface area contributed by atoms with Gasteiger partial charge in [0.05, 0.1) is 7.11 Å². The molecule has 2 rings (SSSR count). The van der Waals surface area contributed by atoms with Crippen molar-refractivity contribution in [3.05, 3.63) is 0 Å². The van der Waals surface area contributed by atoms with E-state index in [4.69, 9.17) is 4.74 Å². The molecule has 2 aliphatic heterocycles. The van der Waals surface area contributed by atoms with E-state index in [9.17, 15) is 9.90 Å². The standard InChI is InChI=1S/C14H23NO3Si/c1-18-13(16)15-11-5-6-12(15)10-14(17,9-11)7-8-19(2,3)4/h11-12,17H,5-6,9-10H2,1-4H3/t11-,12+,14?. The smallest absolute Gasteiger partial charge is 0.409 e. The molecule has 0 aromatic carbocycles. The van der Waals surface area contributed by atoms with E-state index in [-0.39, 0.29) is 18.2 Å². The van der Waals surface area contributed by atoms with Crippen molar-refractivity contribution in [1.29, 1.82) is 0 Å². The Hall–Kier alpha value is -0.993. The normalized spacial score (nSPS) is 33.6. The average molecular weight is 281 g/mol. The van der Waals surface area contributed by atoms with Crippen molar-refractivity contribution in [1.82, 2.24) is 4.90 Å². The number of aliphatic hydroxyl groups is 1. The summed E-state index contributed by atoms with van der Waals surface area (Å²) in [5.74, 6) is 3.10. The molecule has 5 heteroatoms. The Morgan fingerprint density at radius 1 is 1.32 bits per heavy atom. The maximum Gasteiger partial charge on any atom is 0.409 e. The first-order valence-electron chi connectivity index (χ1n) is 6.87. The molecule has 4 nitrogen and oxygen atoms in total. The largest absolute Gasteiger partial charge is 0.453 e. The third-order valence-corrected chi connectivity index (χ3v) is 4.70. The number of ether oxygens (including phenoxy) is 1. The Morgan fingerprint density at radius 3 is 2.26 bits per heavy atom. The van der Waals surface area contributed by atoms with E-state index >= 15 is 0 Å². The lowest BCUT2D eigenvalue weighted by Gasteiger charge is -2.40. The quantitative estimate of drug-likeness (QED) is 0.546. The highest BCUT2D eigenvalue weighted by molar-refractivity contribution is 6.83. The number of methoxy groups -OCH3 is 1. The Kier molecular flexibility index (Phi) is 3.67. The van der Waals surface area contributed by atoms with E-state index < -0.39 is 13.7 Å². The van der Waals surface area contributed by atoms with E-state index in [0.29, 0.717) is 12.8 Å². The minimum absolute atomic E-state index is 0.0761. The van der Waals surface area contributed by atoms with Crippen LogP contribution in [0, 0.1) is 11.5 Å². The summed E-state index contributed by atoms with van der Waals surface area (Å²) in [6.45, 7) is 6.50. The highest BCUT2D eigenvalue weighted by Crippen LogP contribution is 2.40. The minimum Gasteiger partial charge on any atom is -0.453 e. The molecule has 0 aliphatic carbocycles. The number of carbonyl (C=O) groups excluding carboxylic acids is 1. The van der Waals surface area contributed by atoms with E-state index in [1.165, 1.54) is 7.11 Å². The van der Waals surface area contributed by atoms with Crippen molar-refractivity contribution in [2.75, 3.05) is 7.11 Å². The van der Waals surface area contributed by atoms with Gasteiger partial charge in [-0.05, 0) is 12.8 Å². The number of nitrogens with zero attached hydrogens (tertiary/aromatic N) is 1. The number of hydrogen-bond donors (Lipinski definition) is 1. The van der Waals surface area contributed by atoms with Gasteiger partial charge in [-0.1, -0.05) is 25.6 Å². The highest BCUT2D eigenvalue weighted by atomic mass is 28.3. The molecule has 2 bridgehead atoms. The zero-order valence-corrected chi connectivity index (χ0v) is 13.2. The molecule has 1 N–H and O–H groups in total. The van der Waals surface area contributed by atoms with Gasteiger partial charge in [-0.3, -0.25) is 0 Å². The van der Waals surface area contributed by atoms with Gasteiger partial charge in [-0.15, -0.1) is 5.54 Å². The number of piperidine rings is 1. The van der Waals surface area contributed by atoms with Gasteiger partial charge in [0.2, 0.25) is 0 Å². The maximum atomic E-state index is 11.7. The third kappa shape index (κ3) is 3.13. The molecule has 2 fully saturated rings. The van der Waals surface area contributed by atoms with Crippen LogP contribution in [0.3, 0.4) is 0 Å². The Labute approximate surface area is 116 Å². The fourth-order valence-corrected chi connectivity index (χ4v) is 3.64. The summed E-state index contributed by atoms with van der Waals surface area (Å²) in [6, 6.07) is 0.152.